The van der Waals surface area contributed by atoms with Gasteiger partial charge in [0, 0.05) is 11.3 Å². The molecular weight excluding hydrogens is 462 g/mol. The number of furan rings is 1. The largest absolute Gasteiger partial charge is 0.491 e. The van der Waals surface area contributed by atoms with Gasteiger partial charge in [0.05, 0.1) is 23.8 Å². The van der Waals surface area contributed by atoms with Crippen LogP contribution < -0.4 is 20.1 Å². The molecule has 8 nitrogen and oxygen atoms in total. The minimum Gasteiger partial charge on any atom is -0.491 e. The summed E-state index contributed by atoms with van der Waals surface area (Å²) in [7, 11) is -3.70. The lowest BCUT2D eigenvalue weighted by atomic mass is 10.2. The zero-order chi connectivity index (χ0) is 23.8. The number of rotatable bonds is 9. The Morgan fingerprint density at radius 2 is 1.88 bits per heavy atom. The van der Waals surface area contributed by atoms with Crippen molar-refractivity contribution < 1.29 is 22.4 Å². The Hall–Kier alpha value is -3.21. The molecule has 0 aliphatic carbocycles. The van der Waals surface area contributed by atoms with E-state index in [0.29, 0.717) is 22.8 Å². The Balaban J connectivity index is 1.56. The van der Waals surface area contributed by atoms with E-state index >= 15 is 0 Å². The SMILES string of the molecule is CCC(C)Oc1cccc(C(=O)NC(=S)Nc2ccc(S(=O)(=O)NCc3ccco3)cc2)c1. The molecule has 33 heavy (non-hydrogen) atoms. The molecule has 3 aromatic rings. The molecule has 3 rings (SSSR count). The maximum Gasteiger partial charge on any atom is 0.257 e. The van der Waals surface area contributed by atoms with Gasteiger partial charge in [0.1, 0.15) is 11.5 Å². The number of carbonyl (C=O) groups is 1. The molecule has 0 fully saturated rings. The standard InChI is InChI=1S/C23H25N3O5S2/c1-3-16(2)31-19-7-4-6-17(14-19)22(27)26-23(32)25-18-9-11-21(12-10-18)33(28,29)24-15-20-8-5-13-30-20/h4-14,16,24H,3,15H2,1-2H3,(H2,25,26,27,32). The summed E-state index contributed by atoms with van der Waals surface area (Å²) in [6.07, 6.45) is 2.37. The minimum atomic E-state index is -3.70. The van der Waals surface area contributed by atoms with Gasteiger partial charge in [-0.2, -0.15) is 0 Å². The molecule has 0 aliphatic heterocycles. The summed E-state index contributed by atoms with van der Waals surface area (Å²) >= 11 is 5.21. The second-order valence-corrected chi connectivity index (χ2v) is 9.38. The zero-order valence-corrected chi connectivity index (χ0v) is 19.8. The van der Waals surface area contributed by atoms with Crippen molar-refractivity contribution in [3.63, 3.8) is 0 Å². The fourth-order valence-electron chi connectivity index (χ4n) is 2.74. The monoisotopic (exact) mass is 487 g/mol. The van der Waals surface area contributed by atoms with E-state index in [9.17, 15) is 13.2 Å². The van der Waals surface area contributed by atoms with Gasteiger partial charge in [0.15, 0.2) is 5.11 Å². The fraction of sp³-hybridized carbons (Fsp3) is 0.217. The molecule has 1 unspecified atom stereocenters. The van der Waals surface area contributed by atoms with E-state index in [1.165, 1.54) is 18.4 Å². The molecule has 2 aromatic carbocycles. The molecule has 3 N–H and O–H groups in total. The first-order chi connectivity index (χ1) is 15.8. The molecule has 1 aromatic heterocycles. The van der Waals surface area contributed by atoms with Gasteiger partial charge in [0.2, 0.25) is 10.0 Å². The van der Waals surface area contributed by atoms with Crippen LogP contribution >= 0.6 is 12.2 Å². The van der Waals surface area contributed by atoms with Gasteiger partial charge in [0.25, 0.3) is 5.91 Å². The van der Waals surface area contributed by atoms with Crippen molar-refractivity contribution in [1.29, 1.82) is 0 Å². The fourth-order valence-corrected chi connectivity index (χ4v) is 3.95. The van der Waals surface area contributed by atoms with E-state index in [4.69, 9.17) is 21.4 Å². The summed E-state index contributed by atoms with van der Waals surface area (Å²) < 4.78 is 38.2. The highest BCUT2D eigenvalue weighted by Gasteiger charge is 2.15. The summed E-state index contributed by atoms with van der Waals surface area (Å²) in [5.74, 6) is 0.728. The number of hydrogen-bond acceptors (Lipinski definition) is 6. The maximum absolute atomic E-state index is 12.5. The normalized spacial score (nSPS) is 12.1. The molecule has 0 radical (unpaired) electrons. The summed E-state index contributed by atoms with van der Waals surface area (Å²) in [6.45, 7) is 4.03. The molecule has 0 aliphatic rings. The first-order valence-corrected chi connectivity index (χ1v) is 12.2. The first-order valence-electron chi connectivity index (χ1n) is 10.3. The molecular formula is C23H25N3O5S2. The number of nitrogens with one attached hydrogen (secondary N) is 3. The first kappa shape index (κ1) is 24.4. The van der Waals surface area contributed by atoms with Crippen molar-refractivity contribution in [3.8, 4) is 5.75 Å². The number of ether oxygens (including phenoxy) is 1. The van der Waals surface area contributed by atoms with E-state index in [1.807, 2.05) is 13.8 Å². The Bertz CT molecular complexity index is 1190. The molecule has 0 saturated heterocycles. The second kappa shape index (κ2) is 11.1. The smallest absolute Gasteiger partial charge is 0.257 e. The van der Waals surface area contributed by atoms with E-state index < -0.39 is 10.0 Å². The molecule has 0 bridgehead atoms. The number of amides is 1. The third kappa shape index (κ3) is 7.14. The highest BCUT2D eigenvalue weighted by Crippen LogP contribution is 2.17. The van der Waals surface area contributed by atoms with Crippen molar-refractivity contribution in [1.82, 2.24) is 10.0 Å². The van der Waals surface area contributed by atoms with Crippen molar-refractivity contribution in [2.45, 2.75) is 37.8 Å². The second-order valence-electron chi connectivity index (χ2n) is 7.20. The summed E-state index contributed by atoms with van der Waals surface area (Å²) in [5, 5.41) is 5.56. The summed E-state index contributed by atoms with van der Waals surface area (Å²) in [5.41, 5.74) is 0.933. The quantitative estimate of drug-likeness (QED) is 0.391. The number of carbonyl (C=O) groups excluding carboxylic acids is 1. The van der Waals surface area contributed by atoms with Crippen LogP contribution in [0.4, 0.5) is 5.69 Å². The number of sulfonamides is 1. The number of anilines is 1. The Morgan fingerprint density at radius 3 is 2.55 bits per heavy atom. The van der Waals surface area contributed by atoms with Gasteiger partial charge in [-0.3, -0.25) is 10.1 Å². The zero-order valence-electron chi connectivity index (χ0n) is 18.2. The van der Waals surface area contributed by atoms with E-state index in [2.05, 4.69) is 15.4 Å². The number of benzene rings is 2. The van der Waals surface area contributed by atoms with Gasteiger partial charge in [-0.05, 0) is 80.2 Å². The van der Waals surface area contributed by atoms with Gasteiger partial charge < -0.3 is 14.5 Å². The van der Waals surface area contributed by atoms with Crippen molar-refractivity contribution >= 4 is 38.9 Å². The Morgan fingerprint density at radius 1 is 1.12 bits per heavy atom. The molecule has 0 spiro atoms. The molecule has 10 heteroatoms. The lowest BCUT2D eigenvalue weighted by Gasteiger charge is -2.14. The van der Waals surface area contributed by atoms with Gasteiger partial charge in [-0.25, -0.2) is 13.1 Å². The average Bonchev–Trinajstić information content (AvgIpc) is 3.32. The lowest BCUT2D eigenvalue weighted by molar-refractivity contribution is 0.0977. The van der Waals surface area contributed by atoms with Crippen LogP contribution in [-0.4, -0.2) is 25.5 Å². The van der Waals surface area contributed by atoms with Crippen LogP contribution in [0, 0.1) is 0 Å². The van der Waals surface area contributed by atoms with Crippen LogP contribution in [0.15, 0.2) is 76.2 Å². The third-order valence-electron chi connectivity index (χ3n) is 4.67. The highest BCUT2D eigenvalue weighted by atomic mass is 32.2. The number of thiocarbonyl (C=S) groups is 1. The molecule has 1 amide bonds. The van der Waals surface area contributed by atoms with Crippen molar-refractivity contribution in [2.24, 2.45) is 0 Å². The Kier molecular flexibility index (Phi) is 8.21. The Labute approximate surface area is 198 Å². The van der Waals surface area contributed by atoms with Crippen LogP contribution in [0.25, 0.3) is 0 Å². The van der Waals surface area contributed by atoms with Crippen LogP contribution in [0.3, 0.4) is 0 Å². The van der Waals surface area contributed by atoms with Crippen LogP contribution in [0.5, 0.6) is 5.75 Å². The minimum absolute atomic E-state index is 0.0400. The maximum atomic E-state index is 12.5. The number of hydrogen-bond donors (Lipinski definition) is 3. The van der Waals surface area contributed by atoms with Crippen molar-refractivity contribution in [2.75, 3.05) is 5.32 Å². The predicted molar refractivity (Wildman–Crippen MR) is 130 cm³/mol. The van der Waals surface area contributed by atoms with Crippen molar-refractivity contribution in [3.05, 3.63) is 78.3 Å². The highest BCUT2D eigenvalue weighted by molar-refractivity contribution is 7.89. The molecule has 0 saturated carbocycles. The van der Waals surface area contributed by atoms with Gasteiger partial charge >= 0.3 is 0 Å². The van der Waals surface area contributed by atoms with E-state index in [-0.39, 0.29) is 28.6 Å². The van der Waals surface area contributed by atoms with Crippen LogP contribution in [0.2, 0.25) is 0 Å². The third-order valence-corrected chi connectivity index (χ3v) is 6.30. The summed E-state index contributed by atoms with van der Waals surface area (Å²) in [4.78, 5) is 12.6. The predicted octanol–water partition coefficient (Wildman–Crippen LogP) is 4.06. The molecule has 1 heterocycles. The summed E-state index contributed by atoms with van der Waals surface area (Å²) in [6, 6.07) is 16.2. The molecule has 1 atom stereocenters. The topological polar surface area (TPSA) is 110 Å². The van der Waals surface area contributed by atoms with Crippen LogP contribution in [-0.2, 0) is 16.6 Å². The lowest BCUT2D eigenvalue weighted by Crippen LogP contribution is -2.34. The van der Waals surface area contributed by atoms with Gasteiger partial charge in [-0.15, -0.1) is 0 Å². The van der Waals surface area contributed by atoms with Crippen LogP contribution in [0.1, 0.15) is 36.4 Å². The average molecular weight is 488 g/mol. The van der Waals surface area contributed by atoms with E-state index in [0.717, 1.165) is 6.42 Å². The van der Waals surface area contributed by atoms with Gasteiger partial charge in [-0.1, -0.05) is 13.0 Å². The molecule has 174 valence electrons. The van der Waals surface area contributed by atoms with E-state index in [1.54, 1.807) is 48.5 Å².